The van der Waals surface area contributed by atoms with Crippen molar-refractivity contribution in [2.24, 2.45) is 7.05 Å². The SMILES string of the molecule is C[C@H](Nc1ccc(Cl)nc1C(=O)O)c1cc(F)cc2c(=O)n(C)c(N3Cc4ccccc4C3)nc12. The number of carboxylic acid groups (broad SMARTS) is 1. The first-order chi connectivity index (χ1) is 16.7. The molecule has 0 saturated carbocycles. The number of carboxylic acids is 1. The molecule has 1 aliphatic heterocycles. The van der Waals surface area contributed by atoms with Crippen molar-refractivity contribution in [3.05, 3.63) is 92.2 Å². The van der Waals surface area contributed by atoms with Crippen molar-refractivity contribution in [1.82, 2.24) is 14.5 Å². The van der Waals surface area contributed by atoms with Crippen LogP contribution in [0, 0.1) is 5.82 Å². The molecule has 35 heavy (non-hydrogen) atoms. The van der Waals surface area contributed by atoms with Crippen molar-refractivity contribution in [2.45, 2.75) is 26.1 Å². The monoisotopic (exact) mass is 493 g/mol. The van der Waals surface area contributed by atoms with Crippen molar-refractivity contribution in [3.63, 3.8) is 0 Å². The Balaban J connectivity index is 1.60. The van der Waals surface area contributed by atoms with E-state index >= 15 is 0 Å². The number of pyridine rings is 1. The average molecular weight is 494 g/mol. The van der Waals surface area contributed by atoms with Crippen LogP contribution < -0.4 is 15.8 Å². The molecule has 0 bridgehead atoms. The molecule has 8 nitrogen and oxygen atoms in total. The number of aromatic nitrogens is 3. The number of nitrogens with zero attached hydrogens (tertiary/aromatic N) is 4. The van der Waals surface area contributed by atoms with E-state index in [0.29, 0.717) is 30.1 Å². The van der Waals surface area contributed by atoms with Crippen molar-refractivity contribution >= 4 is 40.1 Å². The summed E-state index contributed by atoms with van der Waals surface area (Å²) in [6.07, 6.45) is 0. The van der Waals surface area contributed by atoms with Crippen molar-refractivity contribution in [2.75, 3.05) is 10.2 Å². The minimum atomic E-state index is -1.26. The molecule has 178 valence electrons. The maximum atomic E-state index is 14.6. The van der Waals surface area contributed by atoms with E-state index in [0.717, 1.165) is 11.1 Å². The standard InChI is InChI=1S/C25H21ClFN5O3/c1-13(28-19-7-8-20(26)29-22(19)24(34)35)17-9-16(27)10-18-21(17)30-25(31(2)23(18)33)32-11-14-5-3-4-6-15(14)12-32/h3-10,13,28H,11-12H2,1-2H3,(H,34,35)/t13-/m0/s1. The van der Waals surface area contributed by atoms with Crippen molar-refractivity contribution in [3.8, 4) is 0 Å². The van der Waals surface area contributed by atoms with Crippen LogP contribution in [0.4, 0.5) is 16.0 Å². The maximum Gasteiger partial charge on any atom is 0.356 e. The van der Waals surface area contributed by atoms with Crippen LogP contribution in [0.5, 0.6) is 0 Å². The summed E-state index contributed by atoms with van der Waals surface area (Å²) in [4.78, 5) is 35.6. The molecule has 3 heterocycles. The molecular formula is C25H21ClFN5O3. The molecule has 1 aliphatic rings. The highest BCUT2D eigenvalue weighted by atomic mass is 35.5. The molecule has 2 aromatic heterocycles. The van der Waals surface area contributed by atoms with Gasteiger partial charge < -0.3 is 15.3 Å². The smallest absolute Gasteiger partial charge is 0.356 e. The Kier molecular flexibility index (Phi) is 5.64. The number of halogens is 2. The van der Waals surface area contributed by atoms with Crippen LogP contribution in [0.2, 0.25) is 5.15 Å². The summed E-state index contributed by atoms with van der Waals surface area (Å²) in [5.74, 6) is -1.37. The lowest BCUT2D eigenvalue weighted by molar-refractivity contribution is 0.0691. The fraction of sp³-hybridized carbons (Fsp3) is 0.200. The van der Waals surface area contributed by atoms with Crippen LogP contribution in [-0.2, 0) is 20.1 Å². The summed E-state index contributed by atoms with van der Waals surface area (Å²) < 4.78 is 16.0. The summed E-state index contributed by atoms with van der Waals surface area (Å²) in [5, 5.41) is 12.7. The third kappa shape index (κ3) is 4.08. The van der Waals surface area contributed by atoms with Gasteiger partial charge in [0.2, 0.25) is 5.95 Å². The molecule has 0 unspecified atom stereocenters. The summed E-state index contributed by atoms with van der Waals surface area (Å²) >= 11 is 5.86. The van der Waals surface area contributed by atoms with Gasteiger partial charge in [-0.1, -0.05) is 35.9 Å². The van der Waals surface area contributed by atoms with Gasteiger partial charge in [0.05, 0.1) is 22.6 Å². The highest BCUT2D eigenvalue weighted by molar-refractivity contribution is 6.29. The van der Waals surface area contributed by atoms with Crippen molar-refractivity contribution in [1.29, 1.82) is 0 Å². The van der Waals surface area contributed by atoms with Gasteiger partial charge in [-0.2, -0.15) is 0 Å². The van der Waals surface area contributed by atoms with Gasteiger partial charge >= 0.3 is 5.97 Å². The molecule has 0 fully saturated rings. The molecule has 0 amide bonds. The fourth-order valence-electron chi connectivity index (χ4n) is 4.47. The number of hydrogen-bond donors (Lipinski definition) is 2. The Morgan fingerprint density at radius 3 is 2.49 bits per heavy atom. The Labute approximate surface area is 204 Å². The lowest BCUT2D eigenvalue weighted by Crippen LogP contribution is -2.28. The predicted molar refractivity (Wildman–Crippen MR) is 132 cm³/mol. The summed E-state index contributed by atoms with van der Waals surface area (Å²) in [5.41, 5.74) is 2.67. The van der Waals surface area contributed by atoms with Crippen LogP contribution in [0.1, 0.15) is 40.1 Å². The summed E-state index contributed by atoms with van der Waals surface area (Å²) in [6, 6.07) is 12.9. The number of rotatable bonds is 5. The van der Waals surface area contributed by atoms with E-state index in [1.807, 2.05) is 29.2 Å². The highest BCUT2D eigenvalue weighted by Crippen LogP contribution is 2.31. The lowest BCUT2D eigenvalue weighted by Gasteiger charge is -2.22. The van der Waals surface area contributed by atoms with Crippen LogP contribution in [0.15, 0.2) is 53.3 Å². The van der Waals surface area contributed by atoms with Gasteiger partial charge in [-0.25, -0.2) is 19.2 Å². The number of aromatic carboxylic acids is 1. The quantitative estimate of drug-likeness (QED) is 0.394. The second kappa shape index (κ2) is 8.66. The number of fused-ring (bicyclic) bond motifs is 2. The number of hydrogen-bond acceptors (Lipinski definition) is 6. The van der Waals surface area contributed by atoms with E-state index < -0.39 is 17.8 Å². The zero-order chi connectivity index (χ0) is 24.9. The zero-order valence-corrected chi connectivity index (χ0v) is 19.7. The van der Waals surface area contributed by atoms with Gasteiger partial charge in [0.15, 0.2) is 5.69 Å². The van der Waals surface area contributed by atoms with Gasteiger partial charge in [-0.05, 0) is 42.3 Å². The molecule has 0 saturated heterocycles. The van der Waals surface area contributed by atoms with E-state index in [9.17, 15) is 19.1 Å². The van der Waals surface area contributed by atoms with Gasteiger partial charge in [0.25, 0.3) is 5.56 Å². The van der Waals surface area contributed by atoms with Gasteiger partial charge in [0, 0.05) is 25.7 Å². The molecule has 0 aliphatic carbocycles. The lowest BCUT2D eigenvalue weighted by atomic mass is 10.0. The van der Waals surface area contributed by atoms with Crippen LogP contribution in [0.3, 0.4) is 0 Å². The first kappa shape index (κ1) is 22.8. The maximum absolute atomic E-state index is 14.6. The summed E-state index contributed by atoms with van der Waals surface area (Å²) in [7, 11) is 1.62. The largest absolute Gasteiger partial charge is 0.476 e. The van der Waals surface area contributed by atoms with Crippen LogP contribution in [0.25, 0.3) is 10.9 Å². The van der Waals surface area contributed by atoms with E-state index in [1.54, 1.807) is 14.0 Å². The van der Waals surface area contributed by atoms with E-state index in [1.165, 1.54) is 28.8 Å². The van der Waals surface area contributed by atoms with Gasteiger partial charge in [0.1, 0.15) is 11.0 Å². The Morgan fingerprint density at radius 1 is 1.14 bits per heavy atom. The predicted octanol–water partition coefficient (Wildman–Crippen LogP) is 4.51. The topological polar surface area (TPSA) is 100 Å². The average Bonchev–Trinajstić information content (AvgIpc) is 3.26. The normalized spacial score (nSPS) is 13.7. The minimum Gasteiger partial charge on any atom is -0.476 e. The molecular weight excluding hydrogens is 473 g/mol. The third-order valence-corrected chi connectivity index (χ3v) is 6.39. The Morgan fingerprint density at radius 2 is 1.83 bits per heavy atom. The molecule has 2 N–H and O–H groups in total. The molecule has 1 atom stereocenters. The van der Waals surface area contributed by atoms with Crippen LogP contribution >= 0.6 is 11.6 Å². The Hall–Kier alpha value is -3.98. The van der Waals surface area contributed by atoms with E-state index in [-0.39, 0.29) is 27.5 Å². The number of benzene rings is 2. The summed E-state index contributed by atoms with van der Waals surface area (Å²) in [6.45, 7) is 2.94. The fourth-order valence-corrected chi connectivity index (χ4v) is 4.62. The molecule has 2 aromatic carbocycles. The van der Waals surface area contributed by atoms with Gasteiger partial charge in [-0.3, -0.25) is 9.36 Å². The van der Waals surface area contributed by atoms with Crippen LogP contribution in [-0.4, -0.2) is 25.6 Å². The van der Waals surface area contributed by atoms with Gasteiger partial charge in [-0.15, -0.1) is 0 Å². The zero-order valence-electron chi connectivity index (χ0n) is 18.9. The second-order valence-electron chi connectivity index (χ2n) is 8.49. The minimum absolute atomic E-state index is 0.0400. The number of carbonyl (C=O) groups is 1. The number of nitrogens with one attached hydrogen (secondary N) is 1. The Bertz CT molecular complexity index is 1530. The number of anilines is 2. The molecule has 4 aromatic rings. The molecule has 0 radical (unpaired) electrons. The highest BCUT2D eigenvalue weighted by Gasteiger charge is 2.25. The van der Waals surface area contributed by atoms with E-state index in [4.69, 9.17) is 16.6 Å². The van der Waals surface area contributed by atoms with E-state index in [2.05, 4.69) is 10.3 Å². The first-order valence-electron chi connectivity index (χ1n) is 10.9. The molecule has 0 spiro atoms. The molecule has 5 rings (SSSR count). The first-order valence-corrected chi connectivity index (χ1v) is 11.3. The third-order valence-electron chi connectivity index (χ3n) is 6.18. The van der Waals surface area contributed by atoms with Crippen molar-refractivity contribution < 1.29 is 14.3 Å². The second-order valence-corrected chi connectivity index (χ2v) is 8.88. The molecule has 10 heteroatoms.